The second kappa shape index (κ2) is 5.87. The van der Waals surface area contributed by atoms with Crippen molar-refractivity contribution in [3.05, 3.63) is 29.8 Å². The van der Waals surface area contributed by atoms with Crippen molar-refractivity contribution in [2.45, 2.75) is 25.8 Å². The minimum absolute atomic E-state index is 0.0193. The molecule has 0 aliphatic carbocycles. The average Bonchev–Trinajstić information content (AvgIpc) is 2.81. The van der Waals surface area contributed by atoms with Crippen molar-refractivity contribution in [2.75, 3.05) is 25.0 Å². The van der Waals surface area contributed by atoms with Crippen LogP contribution in [0.5, 0.6) is 0 Å². The van der Waals surface area contributed by atoms with Crippen LogP contribution >= 0.6 is 0 Å². The fraction of sp³-hybridized carbons (Fsp3) is 0.500. The van der Waals surface area contributed by atoms with Gasteiger partial charge in [0, 0.05) is 25.2 Å². The summed E-state index contributed by atoms with van der Waals surface area (Å²) in [5, 5.41) is 12.3. The minimum Gasteiger partial charge on any atom is -0.395 e. The maximum Gasteiger partial charge on any atom is 0.245 e. The van der Waals surface area contributed by atoms with Gasteiger partial charge in [-0.15, -0.1) is 0 Å². The van der Waals surface area contributed by atoms with Crippen LogP contribution < -0.4 is 5.32 Å². The van der Waals surface area contributed by atoms with E-state index in [0.717, 1.165) is 18.5 Å². The minimum atomic E-state index is -0.180. The van der Waals surface area contributed by atoms with Gasteiger partial charge < -0.3 is 15.3 Å². The molecule has 1 aromatic rings. The zero-order chi connectivity index (χ0) is 13.0. The number of carbonyl (C=O) groups excluding carboxylic acids is 1. The number of rotatable bonds is 5. The highest BCUT2D eigenvalue weighted by Crippen LogP contribution is 2.25. The first kappa shape index (κ1) is 12.9. The predicted molar refractivity (Wildman–Crippen MR) is 71.5 cm³/mol. The van der Waals surface area contributed by atoms with Gasteiger partial charge in [0.05, 0.1) is 6.61 Å². The van der Waals surface area contributed by atoms with Gasteiger partial charge in [0.1, 0.15) is 6.04 Å². The van der Waals surface area contributed by atoms with Crippen LogP contribution in [0, 0.1) is 0 Å². The molecule has 1 aliphatic rings. The number of nitrogens with zero attached hydrogens (tertiary/aromatic N) is 1. The Balaban J connectivity index is 2.03. The molecule has 1 aromatic carbocycles. The molecule has 1 unspecified atom stereocenters. The van der Waals surface area contributed by atoms with Crippen molar-refractivity contribution in [3.8, 4) is 0 Å². The van der Waals surface area contributed by atoms with E-state index in [4.69, 9.17) is 5.11 Å². The number of aliphatic hydroxyl groups is 1. The Kier molecular flexibility index (Phi) is 4.20. The summed E-state index contributed by atoms with van der Waals surface area (Å²) in [6, 6.07) is 7.83. The molecule has 1 heterocycles. The van der Waals surface area contributed by atoms with E-state index in [-0.39, 0.29) is 18.6 Å². The van der Waals surface area contributed by atoms with Gasteiger partial charge in [0.2, 0.25) is 5.91 Å². The number of fused-ring (bicyclic) bond motifs is 1. The summed E-state index contributed by atoms with van der Waals surface area (Å²) in [6.07, 6.45) is 1.64. The van der Waals surface area contributed by atoms with Crippen LogP contribution in [0.25, 0.3) is 0 Å². The predicted octanol–water partition coefficient (Wildman–Crippen LogP) is 1.25. The molecule has 18 heavy (non-hydrogen) atoms. The Morgan fingerprint density at radius 1 is 1.44 bits per heavy atom. The first-order valence-corrected chi connectivity index (χ1v) is 6.50. The third kappa shape index (κ3) is 2.64. The summed E-state index contributed by atoms with van der Waals surface area (Å²) in [5.41, 5.74) is 2.24. The van der Waals surface area contributed by atoms with E-state index in [1.165, 1.54) is 5.56 Å². The third-order valence-corrected chi connectivity index (χ3v) is 3.24. The smallest absolute Gasteiger partial charge is 0.245 e. The second-order valence-electron chi connectivity index (χ2n) is 4.61. The molecular formula is C14H20N2O2. The summed E-state index contributed by atoms with van der Waals surface area (Å²) < 4.78 is 0. The van der Waals surface area contributed by atoms with Crippen molar-refractivity contribution in [3.63, 3.8) is 0 Å². The standard InChI is InChI=1S/C14H20N2O2/c1-2-7-16(8-9-17)14(18)13-10-11-5-3-4-6-12(11)15-13/h3-6,13,15,17H,2,7-10H2,1H3. The molecule has 0 saturated carbocycles. The van der Waals surface area contributed by atoms with Gasteiger partial charge in [0.15, 0.2) is 0 Å². The summed E-state index contributed by atoms with van der Waals surface area (Å²) in [7, 11) is 0. The molecule has 0 spiro atoms. The van der Waals surface area contributed by atoms with E-state index < -0.39 is 0 Å². The molecule has 0 bridgehead atoms. The summed E-state index contributed by atoms with van der Waals surface area (Å²) in [5.74, 6) is 0.0853. The maximum atomic E-state index is 12.3. The van der Waals surface area contributed by atoms with Crippen LogP contribution in [0.3, 0.4) is 0 Å². The van der Waals surface area contributed by atoms with Gasteiger partial charge >= 0.3 is 0 Å². The van der Waals surface area contributed by atoms with E-state index in [1.807, 2.05) is 31.2 Å². The third-order valence-electron chi connectivity index (χ3n) is 3.24. The Morgan fingerprint density at radius 2 is 2.22 bits per heavy atom. The molecule has 0 saturated heterocycles. The van der Waals surface area contributed by atoms with Gasteiger partial charge in [-0.1, -0.05) is 25.1 Å². The molecular weight excluding hydrogens is 228 g/mol. The number of anilines is 1. The van der Waals surface area contributed by atoms with E-state index in [0.29, 0.717) is 13.1 Å². The lowest BCUT2D eigenvalue weighted by atomic mass is 10.1. The normalized spacial score (nSPS) is 17.1. The molecule has 1 aliphatic heterocycles. The lowest BCUT2D eigenvalue weighted by Gasteiger charge is -2.24. The topological polar surface area (TPSA) is 52.6 Å². The maximum absolute atomic E-state index is 12.3. The van der Waals surface area contributed by atoms with Gasteiger partial charge in [-0.3, -0.25) is 4.79 Å². The number of nitrogens with one attached hydrogen (secondary N) is 1. The number of para-hydroxylation sites is 1. The molecule has 0 aromatic heterocycles. The Bertz CT molecular complexity index is 389. The lowest BCUT2D eigenvalue weighted by molar-refractivity contribution is -0.132. The summed E-state index contributed by atoms with van der Waals surface area (Å²) in [4.78, 5) is 14.1. The number of hydrogen-bond acceptors (Lipinski definition) is 3. The molecule has 2 N–H and O–H groups in total. The molecule has 4 nitrogen and oxygen atoms in total. The van der Waals surface area contributed by atoms with Crippen molar-refractivity contribution >= 4 is 11.6 Å². The molecule has 1 atom stereocenters. The molecule has 4 heteroatoms. The van der Waals surface area contributed by atoms with Gasteiger partial charge in [-0.05, 0) is 18.1 Å². The van der Waals surface area contributed by atoms with Crippen LogP contribution in [0.2, 0.25) is 0 Å². The average molecular weight is 248 g/mol. The summed E-state index contributed by atoms with van der Waals surface area (Å²) in [6.45, 7) is 3.18. The fourth-order valence-electron chi connectivity index (χ4n) is 2.39. The number of amides is 1. The van der Waals surface area contributed by atoms with Gasteiger partial charge in [-0.2, -0.15) is 0 Å². The zero-order valence-electron chi connectivity index (χ0n) is 10.7. The number of benzene rings is 1. The zero-order valence-corrected chi connectivity index (χ0v) is 10.7. The first-order valence-electron chi connectivity index (χ1n) is 6.50. The van der Waals surface area contributed by atoms with Crippen LogP contribution in [0.15, 0.2) is 24.3 Å². The van der Waals surface area contributed by atoms with Gasteiger partial charge in [0.25, 0.3) is 0 Å². The molecule has 0 fully saturated rings. The lowest BCUT2D eigenvalue weighted by Crippen LogP contribution is -2.43. The Labute approximate surface area is 108 Å². The largest absolute Gasteiger partial charge is 0.395 e. The molecule has 0 radical (unpaired) electrons. The second-order valence-corrected chi connectivity index (χ2v) is 4.61. The molecule has 98 valence electrons. The highest BCUT2D eigenvalue weighted by molar-refractivity contribution is 5.87. The quantitative estimate of drug-likeness (QED) is 0.824. The van der Waals surface area contributed by atoms with Crippen LogP contribution in [-0.4, -0.2) is 41.7 Å². The van der Waals surface area contributed by atoms with Crippen molar-refractivity contribution in [1.82, 2.24) is 4.90 Å². The van der Waals surface area contributed by atoms with E-state index in [2.05, 4.69) is 5.32 Å². The van der Waals surface area contributed by atoms with E-state index in [1.54, 1.807) is 4.90 Å². The number of carbonyl (C=O) groups is 1. The molecule has 1 amide bonds. The van der Waals surface area contributed by atoms with Crippen LogP contribution in [-0.2, 0) is 11.2 Å². The molecule has 2 rings (SSSR count). The highest BCUT2D eigenvalue weighted by Gasteiger charge is 2.29. The monoisotopic (exact) mass is 248 g/mol. The van der Waals surface area contributed by atoms with Crippen molar-refractivity contribution in [2.24, 2.45) is 0 Å². The Hall–Kier alpha value is -1.55. The van der Waals surface area contributed by atoms with Crippen LogP contribution in [0.1, 0.15) is 18.9 Å². The van der Waals surface area contributed by atoms with Crippen molar-refractivity contribution in [1.29, 1.82) is 0 Å². The van der Waals surface area contributed by atoms with Crippen LogP contribution in [0.4, 0.5) is 5.69 Å². The van der Waals surface area contributed by atoms with Crippen molar-refractivity contribution < 1.29 is 9.90 Å². The van der Waals surface area contributed by atoms with E-state index in [9.17, 15) is 4.79 Å². The Morgan fingerprint density at radius 3 is 2.89 bits per heavy atom. The van der Waals surface area contributed by atoms with E-state index >= 15 is 0 Å². The first-order chi connectivity index (χ1) is 8.76. The number of aliphatic hydroxyl groups excluding tert-OH is 1. The summed E-state index contributed by atoms with van der Waals surface area (Å²) >= 11 is 0. The fourth-order valence-corrected chi connectivity index (χ4v) is 2.39. The number of hydrogen-bond donors (Lipinski definition) is 2. The van der Waals surface area contributed by atoms with Gasteiger partial charge in [-0.25, -0.2) is 0 Å². The SMILES string of the molecule is CCCN(CCO)C(=O)C1Cc2ccccc2N1. The highest BCUT2D eigenvalue weighted by atomic mass is 16.3.